The van der Waals surface area contributed by atoms with E-state index in [4.69, 9.17) is 0 Å². The van der Waals surface area contributed by atoms with Gasteiger partial charge in [0.1, 0.15) is 11.6 Å². The monoisotopic (exact) mass is 375 g/mol. The van der Waals surface area contributed by atoms with Crippen LogP contribution >= 0.6 is 0 Å². The van der Waals surface area contributed by atoms with Crippen molar-refractivity contribution in [3.05, 3.63) is 77.5 Å². The van der Waals surface area contributed by atoms with E-state index in [0.29, 0.717) is 6.54 Å². The van der Waals surface area contributed by atoms with Gasteiger partial charge in [0.2, 0.25) is 0 Å². The topological polar surface area (TPSA) is 56.1 Å². The Morgan fingerprint density at radius 3 is 2.21 bits per heavy atom. The molecule has 0 aliphatic rings. The zero-order valence-electron chi connectivity index (χ0n) is 17.4. The van der Waals surface area contributed by atoms with Crippen LogP contribution in [0.4, 0.5) is 5.69 Å². The van der Waals surface area contributed by atoms with E-state index in [1.807, 2.05) is 62.4 Å². The van der Waals surface area contributed by atoms with E-state index in [9.17, 15) is 10.1 Å². The van der Waals surface area contributed by atoms with Gasteiger partial charge in [-0.05, 0) is 42.5 Å². The van der Waals surface area contributed by atoms with Gasteiger partial charge in [-0.1, -0.05) is 63.2 Å². The number of carbonyl (C=O) groups excluding carboxylic acids is 1. The Labute approximate surface area is 168 Å². The molecule has 2 aromatic carbocycles. The minimum absolute atomic E-state index is 0.0180. The largest absolute Gasteiger partial charge is 0.360 e. The summed E-state index contributed by atoms with van der Waals surface area (Å²) in [6.07, 6.45) is 1.49. The molecule has 28 heavy (non-hydrogen) atoms. The highest BCUT2D eigenvalue weighted by Crippen LogP contribution is 2.23. The van der Waals surface area contributed by atoms with E-state index in [-0.39, 0.29) is 22.9 Å². The minimum atomic E-state index is -0.278. The first kappa shape index (κ1) is 21.2. The summed E-state index contributed by atoms with van der Waals surface area (Å²) in [7, 11) is 0. The van der Waals surface area contributed by atoms with Gasteiger partial charge >= 0.3 is 0 Å². The second kappa shape index (κ2) is 9.23. The molecule has 0 fully saturated rings. The van der Waals surface area contributed by atoms with Gasteiger partial charge in [0.25, 0.3) is 5.91 Å². The molecule has 0 spiro atoms. The lowest BCUT2D eigenvalue weighted by molar-refractivity contribution is -0.129. The number of hydrogen-bond donors (Lipinski definition) is 1. The molecule has 146 valence electrons. The SMILES string of the molecule is CC(C)N(Cc1ccccc1)C(=O)/C(C#N)=C\Nc1ccc(C(C)(C)C)cc1. The van der Waals surface area contributed by atoms with Crippen LogP contribution in [0.5, 0.6) is 0 Å². The van der Waals surface area contributed by atoms with Gasteiger partial charge in [-0.3, -0.25) is 4.79 Å². The highest BCUT2D eigenvalue weighted by atomic mass is 16.2. The molecule has 0 saturated heterocycles. The second-order valence-electron chi connectivity index (χ2n) is 8.15. The van der Waals surface area contributed by atoms with Crippen molar-refractivity contribution in [1.82, 2.24) is 4.90 Å². The summed E-state index contributed by atoms with van der Waals surface area (Å²) in [6.45, 7) is 10.9. The van der Waals surface area contributed by atoms with Crippen LogP contribution in [0.25, 0.3) is 0 Å². The van der Waals surface area contributed by atoms with Crippen LogP contribution < -0.4 is 5.32 Å². The quantitative estimate of drug-likeness (QED) is 0.555. The van der Waals surface area contributed by atoms with E-state index in [1.165, 1.54) is 11.8 Å². The summed E-state index contributed by atoms with van der Waals surface area (Å²) in [4.78, 5) is 14.6. The fraction of sp³-hybridized carbons (Fsp3) is 0.333. The Balaban J connectivity index is 2.15. The molecular weight excluding hydrogens is 346 g/mol. The number of carbonyl (C=O) groups is 1. The van der Waals surface area contributed by atoms with Crippen molar-refractivity contribution in [2.45, 2.75) is 52.6 Å². The van der Waals surface area contributed by atoms with Gasteiger partial charge in [0, 0.05) is 24.5 Å². The summed E-state index contributed by atoms with van der Waals surface area (Å²) >= 11 is 0. The molecule has 1 amide bonds. The fourth-order valence-corrected chi connectivity index (χ4v) is 2.79. The molecule has 4 heteroatoms. The molecule has 0 bridgehead atoms. The minimum Gasteiger partial charge on any atom is -0.360 e. The molecular formula is C24H29N3O. The first-order chi connectivity index (χ1) is 13.2. The highest BCUT2D eigenvalue weighted by Gasteiger charge is 2.21. The van der Waals surface area contributed by atoms with Crippen LogP contribution in [0.1, 0.15) is 45.7 Å². The Morgan fingerprint density at radius 2 is 1.71 bits per heavy atom. The third-order valence-corrected chi connectivity index (χ3v) is 4.56. The van der Waals surface area contributed by atoms with Crippen molar-refractivity contribution >= 4 is 11.6 Å². The maximum Gasteiger partial charge on any atom is 0.266 e. The molecule has 0 aliphatic heterocycles. The van der Waals surface area contributed by atoms with Crippen molar-refractivity contribution < 1.29 is 4.79 Å². The average molecular weight is 376 g/mol. The smallest absolute Gasteiger partial charge is 0.266 e. The molecule has 0 unspecified atom stereocenters. The van der Waals surface area contributed by atoms with Crippen molar-refractivity contribution in [2.24, 2.45) is 0 Å². The van der Waals surface area contributed by atoms with Crippen LogP contribution in [0.15, 0.2) is 66.4 Å². The lowest BCUT2D eigenvalue weighted by Gasteiger charge is -2.26. The van der Waals surface area contributed by atoms with Crippen LogP contribution in [-0.2, 0) is 16.8 Å². The molecule has 0 heterocycles. The Kier molecular flexibility index (Phi) is 7.00. The van der Waals surface area contributed by atoms with E-state index < -0.39 is 0 Å². The van der Waals surface area contributed by atoms with Crippen molar-refractivity contribution in [2.75, 3.05) is 5.32 Å². The standard InChI is InChI=1S/C24H29N3O/c1-18(2)27(17-19-9-7-6-8-10-19)23(28)20(15-25)16-26-22-13-11-21(12-14-22)24(3,4)5/h6-14,16,18,26H,17H2,1-5H3/b20-16-. The number of hydrogen-bond acceptors (Lipinski definition) is 3. The molecule has 2 rings (SSSR count). The first-order valence-corrected chi connectivity index (χ1v) is 9.54. The molecule has 0 atom stereocenters. The summed E-state index contributed by atoms with van der Waals surface area (Å²) in [5.41, 5.74) is 3.27. The third kappa shape index (κ3) is 5.72. The number of nitriles is 1. The maximum atomic E-state index is 12.9. The Hall–Kier alpha value is -3.06. The van der Waals surface area contributed by atoms with Gasteiger partial charge in [-0.2, -0.15) is 5.26 Å². The number of nitrogens with one attached hydrogen (secondary N) is 1. The molecule has 1 N–H and O–H groups in total. The molecule has 4 nitrogen and oxygen atoms in total. The van der Waals surface area contributed by atoms with Crippen LogP contribution in [0.3, 0.4) is 0 Å². The van der Waals surface area contributed by atoms with Gasteiger partial charge in [0.15, 0.2) is 0 Å². The second-order valence-corrected chi connectivity index (χ2v) is 8.15. The van der Waals surface area contributed by atoms with Gasteiger partial charge in [0.05, 0.1) is 0 Å². The highest BCUT2D eigenvalue weighted by molar-refractivity contribution is 5.97. The van der Waals surface area contributed by atoms with Crippen LogP contribution in [0, 0.1) is 11.3 Å². The van der Waals surface area contributed by atoms with Crippen LogP contribution in [0.2, 0.25) is 0 Å². The van der Waals surface area contributed by atoms with E-state index in [1.54, 1.807) is 4.90 Å². The number of anilines is 1. The number of amides is 1. The predicted molar refractivity (Wildman–Crippen MR) is 115 cm³/mol. The number of benzene rings is 2. The number of rotatable bonds is 6. The summed E-state index contributed by atoms with van der Waals surface area (Å²) < 4.78 is 0. The lowest BCUT2D eigenvalue weighted by atomic mass is 9.87. The number of nitrogens with zero attached hydrogens (tertiary/aromatic N) is 2. The maximum absolute atomic E-state index is 12.9. The zero-order chi connectivity index (χ0) is 20.7. The zero-order valence-corrected chi connectivity index (χ0v) is 17.4. The van der Waals surface area contributed by atoms with Crippen molar-refractivity contribution in [1.29, 1.82) is 5.26 Å². The van der Waals surface area contributed by atoms with E-state index in [0.717, 1.165) is 11.3 Å². The fourth-order valence-electron chi connectivity index (χ4n) is 2.79. The molecule has 0 aliphatic carbocycles. The lowest BCUT2D eigenvalue weighted by Crippen LogP contribution is -2.37. The summed E-state index contributed by atoms with van der Waals surface area (Å²) in [5, 5.41) is 12.6. The molecule has 0 radical (unpaired) electrons. The normalized spacial score (nSPS) is 11.8. The van der Waals surface area contributed by atoms with E-state index in [2.05, 4.69) is 38.2 Å². The molecule has 2 aromatic rings. The molecule has 0 aromatic heterocycles. The first-order valence-electron chi connectivity index (χ1n) is 9.54. The summed E-state index contributed by atoms with van der Waals surface area (Å²) in [6, 6.07) is 19.8. The van der Waals surface area contributed by atoms with Gasteiger partial charge in [-0.15, -0.1) is 0 Å². The molecule has 0 saturated carbocycles. The average Bonchev–Trinajstić information content (AvgIpc) is 2.66. The van der Waals surface area contributed by atoms with Gasteiger partial charge in [-0.25, -0.2) is 0 Å². The third-order valence-electron chi connectivity index (χ3n) is 4.56. The van der Waals surface area contributed by atoms with E-state index >= 15 is 0 Å². The Bertz CT molecular complexity index is 853. The Morgan fingerprint density at radius 1 is 1.11 bits per heavy atom. The van der Waals surface area contributed by atoms with Crippen molar-refractivity contribution in [3.63, 3.8) is 0 Å². The van der Waals surface area contributed by atoms with Crippen molar-refractivity contribution in [3.8, 4) is 6.07 Å². The summed E-state index contributed by atoms with van der Waals surface area (Å²) in [5.74, 6) is -0.278. The van der Waals surface area contributed by atoms with Crippen LogP contribution in [-0.4, -0.2) is 16.8 Å². The van der Waals surface area contributed by atoms with Gasteiger partial charge < -0.3 is 10.2 Å². The predicted octanol–water partition coefficient (Wildman–Crippen LogP) is 5.24.